The van der Waals surface area contributed by atoms with Gasteiger partial charge >= 0.3 is 0 Å². The second-order valence-electron chi connectivity index (χ2n) is 6.68. The molecule has 0 atom stereocenters. The molecule has 2 aromatic heterocycles. The van der Waals surface area contributed by atoms with Gasteiger partial charge in [-0.1, -0.05) is 12.1 Å². The maximum absolute atomic E-state index is 12.1. The quantitative estimate of drug-likeness (QED) is 0.414. The summed E-state index contributed by atoms with van der Waals surface area (Å²) in [5, 5.41) is 12.8. The van der Waals surface area contributed by atoms with Crippen LogP contribution in [0.25, 0.3) is 6.08 Å². The van der Waals surface area contributed by atoms with Gasteiger partial charge in [0, 0.05) is 17.5 Å². The molecule has 0 aliphatic heterocycles. The fraction of sp³-hybridized carbons (Fsp3) is 0.300. The number of aromatic nitrogens is 4. The minimum absolute atomic E-state index is 0.170. The van der Waals surface area contributed by atoms with E-state index in [4.69, 9.17) is 17.0 Å². The van der Waals surface area contributed by atoms with Crippen molar-refractivity contribution in [1.82, 2.24) is 25.1 Å². The minimum Gasteiger partial charge on any atom is -0.487 e. The van der Waals surface area contributed by atoms with Crippen LogP contribution in [0.5, 0.6) is 5.75 Å². The summed E-state index contributed by atoms with van der Waals surface area (Å²) < 4.78 is 8.15. The molecule has 0 aliphatic rings. The molecule has 0 aliphatic carbocycles. The number of aryl methyl sites for hydroxylation is 1. The number of thiazole rings is 1. The summed E-state index contributed by atoms with van der Waals surface area (Å²) in [6, 6.07) is 7.71. The molecule has 0 spiro atoms. The van der Waals surface area contributed by atoms with Crippen LogP contribution >= 0.6 is 23.6 Å². The van der Waals surface area contributed by atoms with E-state index in [0.717, 1.165) is 22.0 Å². The van der Waals surface area contributed by atoms with Crippen LogP contribution in [0.4, 0.5) is 0 Å². The molecule has 3 aromatic rings. The number of carbonyl (C=O) groups is 1. The van der Waals surface area contributed by atoms with Crippen molar-refractivity contribution in [2.45, 2.75) is 40.0 Å². The van der Waals surface area contributed by atoms with E-state index in [1.165, 1.54) is 6.08 Å². The van der Waals surface area contributed by atoms with Crippen molar-refractivity contribution in [3.63, 3.8) is 0 Å². The molecule has 0 bridgehead atoms. The molecule has 152 valence electrons. The lowest BCUT2D eigenvalue weighted by Crippen LogP contribution is -2.23. The normalized spacial score (nSPS) is 11.3. The van der Waals surface area contributed by atoms with Crippen LogP contribution in [-0.2, 0) is 17.9 Å². The fourth-order valence-electron chi connectivity index (χ4n) is 2.70. The standard InChI is InChI=1S/C20H23N5O2S2/c1-13(2)25-18(23-24-20(25)28)10-21-19(26)9-6-15-4-7-17(8-5-15)27-11-16-12-29-14(3)22-16/h4-9,12-13H,10-11H2,1-3H3,(H,21,26)(H,24,28). The highest BCUT2D eigenvalue weighted by atomic mass is 32.1. The number of ether oxygens (including phenoxy) is 1. The highest BCUT2D eigenvalue weighted by Gasteiger charge is 2.09. The summed E-state index contributed by atoms with van der Waals surface area (Å²) in [5.41, 5.74) is 1.83. The first kappa shape index (κ1) is 20.9. The maximum Gasteiger partial charge on any atom is 0.244 e. The third-order valence-electron chi connectivity index (χ3n) is 4.08. The average Bonchev–Trinajstić information content (AvgIpc) is 3.29. The second kappa shape index (κ2) is 9.62. The fourth-order valence-corrected chi connectivity index (χ4v) is 3.66. The molecule has 0 fully saturated rings. The second-order valence-corrected chi connectivity index (χ2v) is 8.12. The van der Waals surface area contributed by atoms with Gasteiger partial charge in [0.1, 0.15) is 12.4 Å². The van der Waals surface area contributed by atoms with Gasteiger partial charge in [-0.3, -0.25) is 9.89 Å². The highest BCUT2D eigenvalue weighted by molar-refractivity contribution is 7.71. The molecule has 3 rings (SSSR count). The van der Waals surface area contributed by atoms with Crippen LogP contribution in [0, 0.1) is 11.7 Å². The summed E-state index contributed by atoms with van der Waals surface area (Å²) in [5.74, 6) is 1.26. The number of nitrogens with one attached hydrogen (secondary N) is 2. The van der Waals surface area contributed by atoms with E-state index >= 15 is 0 Å². The molecule has 1 aromatic carbocycles. The molecule has 2 N–H and O–H groups in total. The number of amides is 1. The van der Waals surface area contributed by atoms with Crippen molar-refractivity contribution in [2.75, 3.05) is 0 Å². The lowest BCUT2D eigenvalue weighted by molar-refractivity contribution is -0.116. The van der Waals surface area contributed by atoms with E-state index < -0.39 is 0 Å². The summed E-state index contributed by atoms with van der Waals surface area (Å²) >= 11 is 6.81. The van der Waals surface area contributed by atoms with E-state index in [2.05, 4.69) is 20.5 Å². The molecule has 29 heavy (non-hydrogen) atoms. The van der Waals surface area contributed by atoms with Crippen molar-refractivity contribution in [1.29, 1.82) is 0 Å². The number of hydrogen-bond donors (Lipinski definition) is 2. The van der Waals surface area contributed by atoms with E-state index in [1.54, 1.807) is 17.4 Å². The largest absolute Gasteiger partial charge is 0.487 e. The topological polar surface area (TPSA) is 84.8 Å². The van der Waals surface area contributed by atoms with Gasteiger partial charge in [-0.05, 0) is 56.8 Å². The van der Waals surface area contributed by atoms with Gasteiger partial charge in [0.2, 0.25) is 5.91 Å². The van der Waals surface area contributed by atoms with Gasteiger partial charge in [-0.25, -0.2) is 4.98 Å². The van der Waals surface area contributed by atoms with E-state index in [1.807, 2.05) is 55.0 Å². The Balaban J connectivity index is 1.50. The summed E-state index contributed by atoms with van der Waals surface area (Å²) in [6.07, 6.45) is 3.25. The Morgan fingerprint density at radius 2 is 2.14 bits per heavy atom. The zero-order valence-electron chi connectivity index (χ0n) is 16.5. The Morgan fingerprint density at radius 1 is 1.38 bits per heavy atom. The Kier molecular flexibility index (Phi) is 6.95. The summed E-state index contributed by atoms with van der Waals surface area (Å²) in [6.45, 7) is 6.75. The Labute approximate surface area is 178 Å². The molecule has 0 unspecified atom stereocenters. The number of carbonyl (C=O) groups excluding carboxylic acids is 1. The first-order valence-electron chi connectivity index (χ1n) is 9.18. The molecule has 0 saturated carbocycles. The smallest absolute Gasteiger partial charge is 0.244 e. The molecule has 1 amide bonds. The molecule has 0 radical (unpaired) electrons. The zero-order chi connectivity index (χ0) is 20.8. The number of H-pyrrole nitrogens is 1. The number of benzene rings is 1. The van der Waals surface area contributed by atoms with Gasteiger partial charge in [0.15, 0.2) is 10.6 Å². The highest BCUT2D eigenvalue weighted by Crippen LogP contribution is 2.16. The lowest BCUT2D eigenvalue weighted by Gasteiger charge is -2.10. The molecule has 2 heterocycles. The summed E-state index contributed by atoms with van der Waals surface area (Å²) in [4.78, 5) is 16.5. The van der Waals surface area contributed by atoms with Crippen molar-refractivity contribution in [3.8, 4) is 5.75 Å². The molecular formula is C20H23N5O2S2. The van der Waals surface area contributed by atoms with Crippen molar-refractivity contribution >= 4 is 35.5 Å². The van der Waals surface area contributed by atoms with Crippen LogP contribution in [-0.4, -0.2) is 25.7 Å². The van der Waals surface area contributed by atoms with E-state index in [9.17, 15) is 4.79 Å². The first-order valence-corrected chi connectivity index (χ1v) is 10.5. The van der Waals surface area contributed by atoms with Crippen LogP contribution in [0.1, 0.15) is 42.0 Å². The Morgan fingerprint density at radius 3 is 2.79 bits per heavy atom. The van der Waals surface area contributed by atoms with Crippen LogP contribution in [0.15, 0.2) is 35.7 Å². The summed E-state index contributed by atoms with van der Waals surface area (Å²) in [7, 11) is 0. The van der Waals surface area contributed by atoms with Crippen LogP contribution in [0.2, 0.25) is 0 Å². The first-order chi connectivity index (χ1) is 13.9. The van der Waals surface area contributed by atoms with Gasteiger partial charge in [0.25, 0.3) is 0 Å². The lowest BCUT2D eigenvalue weighted by atomic mass is 10.2. The third kappa shape index (κ3) is 5.85. The number of rotatable bonds is 8. The molecule has 0 saturated heterocycles. The van der Waals surface area contributed by atoms with Gasteiger partial charge in [-0.15, -0.1) is 11.3 Å². The SMILES string of the molecule is Cc1nc(COc2ccc(C=CC(=O)NCc3n[nH]c(=S)n3C(C)C)cc2)cs1. The van der Waals surface area contributed by atoms with Crippen molar-refractivity contribution < 1.29 is 9.53 Å². The number of nitrogens with zero attached hydrogens (tertiary/aromatic N) is 3. The van der Waals surface area contributed by atoms with Crippen LogP contribution in [0.3, 0.4) is 0 Å². The Bertz CT molecular complexity index is 1050. The third-order valence-corrected chi connectivity index (χ3v) is 5.19. The number of aromatic amines is 1. The van der Waals surface area contributed by atoms with E-state index in [0.29, 0.717) is 23.7 Å². The van der Waals surface area contributed by atoms with Gasteiger partial charge < -0.3 is 14.6 Å². The van der Waals surface area contributed by atoms with Crippen molar-refractivity contribution in [3.05, 3.63) is 62.6 Å². The monoisotopic (exact) mass is 429 g/mol. The number of hydrogen-bond acceptors (Lipinski definition) is 6. The molecule has 7 nitrogen and oxygen atoms in total. The average molecular weight is 430 g/mol. The predicted molar refractivity (Wildman–Crippen MR) is 116 cm³/mol. The zero-order valence-corrected chi connectivity index (χ0v) is 18.1. The maximum atomic E-state index is 12.1. The van der Waals surface area contributed by atoms with E-state index in [-0.39, 0.29) is 11.9 Å². The van der Waals surface area contributed by atoms with Crippen LogP contribution < -0.4 is 10.1 Å². The molecular weight excluding hydrogens is 406 g/mol. The minimum atomic E-state index is -0.201. The Hall–Kier alpha value is -2.78. The van der Waals surface area contributed by atoms with Gasteiger partial charge in [-0.2, -0.15) is 5.10 Å². The van der Waals surface area contributed by atoms with Crippen molar-refractivity contribution in [2.24, 2.45) is 0 Å². The predicted octanol–water partition coefficient (Wildman–Crippen LogP) is 4.20. The molecule has 9 heteroatoms. The van der Waals surface area contributed by atoms with Gasteiger partial charge in [0.05, 0.1) is 17.2 Å².